The first kappa shape index (κ1) is 39.9. The van der Waals surface area contributed by atoms with Gasteiger partial charge < -0.3 is 35.1 Å². The molecular weight excluding hydrogens is 680 g/mol. The molecule has 0 spiro atoms. The van der Waals surface area contributed by atoms with E-state index >= 15 is 0 Å². The molecule has 1 aliphatic rings. The summed E-state index contributed by atoms with van der Waals surface area (Å²) >= 11 is 6.30. The molecule has 6 atom stereocenters. The lowest BCUT2D eigenvalue weighted by Gasteiger charge is -2.27. The van der Waals surface area contributed by atoms with E-state index in [1.165, 1.54) is 26.1 Å². The van der Waals surface area contributed by atoms with Crippen LogP contribution in [0.15, 0.2) is 29.2 Å². The Morgan fingerprint density at radius 2 is 1.89 bits per heavy atom. The normalized spacial score (nSPS) is 23.0. The van der Waals surface area contributed by atoms with Gasteiger partial charge in [0.05, 0.1) is 13.2 Å². The number of aryl methyl sites for hydroxylation is 1. The molecule has 0 saturated carbocycles. The Bertz CT molecular complexity index is 1540. The number of esters is 1. The monoisotopic (exact) mass is 716 g/mol. The van der Waals surface area contributed by atoms with E-state index in [0.29, 0.717) is 16.1 Å². The third-order valence-corrected chi connectivity index (χ3v) is 8.67. The Kier molecular flexibility index (Phi) is 13.4. The topological polar surface area (TPSA) is 222 Å². The molecule has 3 rings (SSSR count). The first-order valence-corrected chi connectivity index (χ1v) is 15.8. The number of aliphatic carboxylic acids is 1. The molecule has 0 aliphatic carbocycles. The number of nitrogen functional groups attached to an aromatic ring is 1. The Balaban J connectivity index is 0.000000984. The van der Waals surface area contributed by atoms with Crippen molar-refractivity contribution >= 4 is 37.1 Å². The Hall–Kier alpha value is -3.25. The molecule has 47 heavy (non-hydrogen) atoms. The minimum absolute atomic E-state index is 0.0302. The van der Waals surface area contributed by atoms with Crippen molar-refractivity contribution in [1.29, 1.82) is 0 Å². The van der Waals surface area contributed by atoms with Crippen LogP contribution in [0.2, 0.25) is 5.02 Å². The molecule has 0 amide bonds. The Labute approximate surface area is 272 Å². The number of alkyl halides is 3. The summed E-state index contributed by atoms with van der Waals surface area (Å²) in [5, 5.41) is 32.0. The van der Waals surface area contributed by atoms with Crippen LogP contribution in [0, 0.1) is 6.92 Å². The smallest absolute Gasteiger partial charge is 0.475 e. The molecular formula is C27H37ClF3N4O11P. The summed E-state index contributed by atoms with van der Waals surface area (Å²) in [5.41, 5.74) is 4.06. The number of aromatic nitrogens is 2. The number of ether oxygens (including phenoxy) is 2. The van der Waals surface area contributed by atoms with Gasteiger partial charge in [-0.25, -0.2) is 14.2 Å². The second-order valence-electron chi connectivity index (χ2n) is 10.8. The summed E-state index contributed by atoms with van der Waals surface area (Å²) in [6, 6.07) is 3.53. The zero-order chi connectivity index (χ0) is 36.1. The van der Waals surface area contributed by atoms with Crippen molar-refractivity contribution in [2.45, 2.75) is 83.7 Å². The molecule has 1 saturated heterocycles. The van der Waals surface area contributed by atoms with Gasteiger partial charge in [0.2, 0.25) is 0 Å². The van der Waals surface area contributed by atoms with Gasteiger partial charge in [0.15, 0.2) is 6.23 Å². The van der Waals surface area contributed by atoms with Crippen molar-refractivity contribution in [1.82, 2.24) is 14.6 Å². The summed E-state index contributed by atoms with van der Waals surface area (Å²) in [6.45, 7) is 9.41. The molecule has 264 valence electrons. The molecule has 1 aromatic heterocycles. The summed E-state index contributed by atoms with van der Waals surface area (Å²) in [4.78, 5) is 37.2. The molecule has 1 aliphatic heterocycles. The summed E-state index contributed by atoms with van der Waals surface area (Å²) in [6.07, 6.45) is -8.03. The van der Waals surface area contributed by atoms with Crippen LogP contribution in [-0.2, 0) is 28.2 Å². The number of halogens is 4. The summed E-state index contributed by atoms with van der Waals surface area (Å²) < 4.78 is 69.1. The highest BCUT2D eigenvalue weighted by Gasteiger charge is 2.54. The quantitative estimate of drug-likeness (QED) is 0.166. The zero-order valence-corrected chi connectivity index (χ0v) is 27.8. The number of carbonyl (C=O) groups is 2. The van der Waals surface area contributed by atoms with Gasteiger partial charge in [-0.2, -0.15) is 23.2 Å². The second kappa shape index (κ2) is 15.8. The van der Waals surface area contributed by atoms with Crippen LogP contribution in [0.5, 0.6) is 5.75 Å². The summed E-state index contributed by atoms with van der Waals surface area (Å²) in [5.74, 6) is -3.35. The molecule has 0 radical (unpaired) electrons. The lowest BCUT2D eigenvalue weighted by molar-refractivity contribution is -0.192. The first-order valence-electron chi connectivity index (χ1n) is 13.9. The standard InChI is InChI=1S/C25H36ClN4O9P.C2HF3O2/c1-7-36-22(32)15(5)29-40(35,39-18-10-14(4)17(26)11-16(18)13(2)3)37-12-19-21(31)25(6,34)23(38-19)30-9-8-20(27)28-24(30)33;3-2(4,5)1(6)7/h8-11,13,15,19,21,23,31,34H,7,12H2,1-6H3,(H,29,35)(H2,27,28,33);(H,6,7)/t15-,19+,21+,23+,25+,40?;/m0./s1. The maximum atomic E-state index is 14.1. The van der Waals surface area contributed by atoms with Gasteiger partial charge in [-0.3, -0.25) is 13.9 Å². The van der Waals surface area contributed by atoms with Crippen molar-refractivity contribution in [3.8, 4) is 5.75 Å². The number of carbonyl (C=O) groups excluding carboxylic acids is 1. The van der Waals surface area contributed by atoms with Crippen molar-refractivity contribution in [3.05, 3.63) is 51.0 Å². The third kappa shape index (κ3) is 10.4. The highest BCUT2D eigenvalue weighted by Crippen LogP contribution is 2.49. The van der Waals surface area contributed by atoms with Gasteiger partial charge in [-0.15, -0.1) is 0 Å². The van der Waals surface area contributed by atoms with E-state index < -0.39 is 68.2 Å². The zero-order valence-electron chi connectivity index (χ0n) is 26.1. The SMILES string of the molecule is CCOC(=O)[C@H](C)NP(=O)(OC[C@H]1O[C@@H](n2ccc(N)nc2=O)[C@](C)(O)[C@@H]1O)Oc1cc(C)c(Cl)cc1C(C)C.O=C(O)C(F)(F)F. The van der Waals surface area contributed by atoms with Crippen molar-refractivity contribution in [3.63, 3.8) is 0 Å². The number of nitrogens with zero attached hydrogens (tertiary/aromatic N) is 2. The average molecular weight is 717 g/mol. The molecule has 1 unspecified atom stereocenters. The average Bonchev–Trinajstić information content (AvgIpc) is 3.17. The van der Waals surface area contributed by atoms with Crippen LogP contribution in [0.3, 0.4) is 0 Å². The van der Waals surface area contributed by atoms with Crippen LogP contribution >= 0.6 is 19.3 Å². The van der Waals surface area contributed by atoms with Crippen LogP contribution in [0.1, 0.15) is 57.9 Å². The van der Waals surface area contributed by atoms with E-state index in [9.17, 15) is 37.5 Å². The van der Waals surface area contributed by atoms with Crippen molar-refractivity contribution < 1.29 is 61.2 Å². The number of hydrogen-bond donors (Lipinski definition) is 5. The van der Waals surface area contributed by atoms with E-state index in [4.69, 9.17) is 45.8 Å². The largest absolute Gasteiger partial charge is 0.490 e. The fourth-order valence-electron chi connectivity index (χ4n) is 4.13. The highest BCUT2D eigenvalue weighted by atomic mass is 35.5. The van der Waals surface area contributed by atoms with E-state index in [0.717, 1.165) is 4.57 Å². The van der Waals surface area contributed by atoms with Crippen LogP contribution in [0.4, 0.5) is 19.0 Å². The number of anilines is 1. The number of nitrogens with one attached hydrogen (secondary N) is 1. The Morgan fingerprint density at radius 1 is 1.30 bits per heavy atom. The van der Waals surface area contributed by atoms with E-state index in [1.807, 2.05) is 13.8 Å². The molecule has 6 N–H and O–H groups in total. The van der Waals surface area contributed by atoms with Gasteiger partial charge >= 0.3 is 31.6 Å². The number of nitrogens with two attached hydrogens (primary N) is 1. The maximum absolute atomic E-state index is 14.1. The number of benzene rings is 1. The molecule has 2 heterocycles. The minimum atomic E-state index is -5.08. The number of hydrogen-bond acceptors (Lipinski definition) is 12. The maximum Gasteiger partial charge on any atom is 0.490 e. The predicted octanol–water partition coefficient (Wildman–Crippen LogP) is 3.30. The second-order valence-corrected chi connectivity index (χ2v) is 12.9. The van der Waals surface area contributed by atoms with Gasteiger partial charge in [0.25, 0.3) is 0 Å². The van der Waals surface area contributed by atoms with Gasteiger partial charge in [-0.05, 0) is 62.9 Å². The van der Waals surface area contributed by atoms with Crippen LogP contribution in [0.25, 0.3) is 0 Å². The lowest BCUT2D eigenvalue weighted by Crippen LogP contribution is -2.46. The molecule has 15 nitrogen and oxygen atoms in total. The molecule has 0 bridgehead atoms. The van der Waals surface area contributed by atoms with Gasteiger partial charge in [0, 0.05) is 11.2 Å². The van der Waals surface area contributed by atoms with Crippen LogP contribution < -0.4 is 21.0 Å². The molecule has 2 aromatic rings. The van der Waals surface area contributed by atoms with Gasteiger partial charge in [-0.1, -0.05) is 25.4 Å². The van der Waals surface area contributed by atoms with Crippen molar-refractivity contribution in [2.24, 2.45) is 0 Å². The fourth-order valence-corrected chi connectivity index (χ4v) is 5.82. The van der Waals surface area contributed by atoms with E-state index in [2.05, 4.69) is 10.1 Å². The Morgan fingerprint density at radius 3 is 2.40 bits per heavy atom. The number of carboxylic acid groups (broad SMARTS) is 1. The fraction of sp³-hybridized carbons (Fsp3) is 0.556. The lowest BCUT2D eigenvalue weighted by atomic mass is 9.96. The third-order valence-electron chi connectivity index (χ3n) is 6.63. The molecule has 1 fully saturated rings. The molecule has 1 aromatic carbocycles. The predicted molar refractivity (Wildman–Crippen MR) is 161 cm³/mol. The van der Waals surface area contributed by atoms with Gasteiger partial charge in [0.1, 0.15) is 35.4 Å². The summed E-state index contributed by atoms with van der Waals surface area (Å²) in [7, 11) is -4.37. The number of aliphatic hydroxyl groups excluding tert-OH is 1. The van der Waals surface area contributed by atoms with E-state index in [-0.39, 0.29) is 24.1 Å². The van der Waals surface area contributed by atoms with Crippen molar-refractivity contribution in [2.75, 3.05) is 18.9 Å². The van der Waals surface area contributed by atoms with Crippen LogP contribution in [-0.4, -0.2) is 80.1 Å². The number of aliphatic hydroxyl groups is 2. The first-order chi connectivity index (χ1) is 21.5. The minimum Gasteiger partial charge on any atom is -0.475 e. The number of rotatable bonds is 11. The highest BCUT2D eigenvalue weighted by molar-refractivity contribution is 7.52. The number of carboxylic acids is 1. The van der Waals surface area contributed by atoms with E-state index in [1.54, 1.807) is 26.0 Å². The molecule has 20 heteroatoms.